The molecule has 2 aliphatic heterocycles. The summed E-state index contributed by atoms with van der Waals surface area (Å²) >= 11 is 0. The standard InChI is InChI=1S/C24H31N3O4/c1-18(2)14-27(15-19-6-7-21-22(13-19)31-12-11-30-21)24(28)23-17-26(9-10-29-23)16-20-5-3-4-8-25-20/h3-8,13,18,23H,9-12,14-17H2,1-2H3. The average Bonchev–Trinajstić information content (AvgIpc) is 2.79. The van der Waals surface area contributed by atoms with Gasteiger partial charge in [0.1, 0.15) is 19.3 Å². The average molecular weight is 426 g/mol. The van der Waals surface area contributed by atoms with Crippen LogP contribution >= 0.6 is 0 Å². The second-order valence-electron chi connectivity index (χ2n) is 8.51. The Kier molecular flexibility index (Phi) is 7.04. The highest BCUT2D eigenvalue weighted by atomic mass is 16.6. The molecule has 0 radical (unpaired) electrons. The fraction of sp³-hybridized carbons (Fsp3) is 0.500. The maximum atomic E-state index is 13.4. The largest absolute Gasteiger partial charge is 0.486 e. The van der Waals surface area contributed by atoms with Gasteiger partial charge in [0.05, 0.1) is 12.3 Å². The molecule has 1 aromatic carbocycles. The van der Waals surface area contributed by atoms with Gasteiger partial charge < -0.3 is 19.1 Å². The minimum absolute atomic E-state index is 0.0364. The number of rotatable bonds is 7. The molecule has 1 saturated heterocycles. The van der Waals surface area contributed by atoms with E-state index in [4.69, 9.17) is 14.2 Å². The highest BCUT2D eigenvalue weighted by molar-refractivity contribution is 5.81. The predicted molar refractivity (Wildman–Crippen MR) is 117 cm³/mol. The van der Waals surface area contributed by atoms with Gasteiger partial charge in [0, 0.05) is 38.9 Å². The number of nitrogens with zero attached hydrogens (tertiary/aromatic N) is 3. The van der Waals surface area contributed by atoms with E-state index in [-0.39, 0.29) is 5.91 Å². The van der Waals surface area contributed by atoms with Crippen molar-refractivity contribution in [3.63, 3.8) is 0 Å². The van der Waals surface area contributed by atoms with Gasteiger partial charge in [0.25, 0.3) is 5.91 Å². The summed E-state index contributed by atoms with van der Waals surface area (Å²) in [5.74, 6) is 1.90. The van der Waals surface area contributed by atoms with Gasteiger partial charge in [0.2, 0.25) is 0 Å². The number of ether oxygens (including phenoxy) is 3. The molecule has 2 aliphatic rings. The summed E-state index contributed by atoms with van der Waals surface area (Å²) in [7, 11) is 0. The van der Waals surface area contributed by atoms with Crippen LogP contribution < -0.4 is 9.47 Å². The number of aromatic nitrogens is 1. The van der Waals surface area contributed by atoms with Gasteiger partial charge in [0.15, 0.2) is 11.5 Å². The third-order valence-corrected chi connectivity index (χ3v) is 5.41. The maximum absolute atomic E-state index is 13.4. The first kappa shape index (κ1) is 21.6. The van der Waals surface area contributed by atoms with Gasteiger partial charge in [-0.25, -0.2) is 0 Å². The van der Waals surface area contributed by atoms with Gasteiger partial charge >= 0.3 is 0 Å². The zero-order valence-electron chi connectivity index (χ0n) is 18.3. The molecule has 31 heavy (non-hydrogen) atoms. The van der Waals surface area contributed by atoms with Gasteiger partial charge in [-0.05, 0) is 35.7 Å². The Labute approximate surface area is 183 Å². The lowest BCUT2D eigenvalue weighted by Gasteiger charge is -2.35. The molecule has 0 spiro atoms. The fourth-order valence-electron chi connectivity index (χ4n) is 4.00. The summed E-state index contributed by atoms with van der Waals surface area (Å²) < 4.78 is 17.2. The van der Waals surface area contributed by atoms with E-state index in [2.05, 4.69) is 23.7 Å². The number of hydrogen-bond acceptors (Lipinski definition) is 6. The zero-order chi connectivity index (χ0) is 21.6. The van der Waals surface area contributed by atoms with Crippen molar-refractivity contribution in [1.82, 2.24) is 14.8 Å². The molecule has 1 fully saturated rings. The number of amides is 1. The normalized spacial score (nSPS) is 18.7. The molecule has 1 amide bonds. The molecule has 4 rings (SSSR count). The fourth-order valence-corrected chi connectivity index (χ4v) is 4.00. The summed E-state index contributed by atoms with van der Waals surface area (Å²) in [6.07, 6.45) is 1.34. The molecule has 1 aromatic heterocycles. The number of pyridine rings is 1. The second-order valence-corrected chi connectivity index (χ2v) is 8.51. The first-order valence-corrected chi connectivity index (χ1v) is 11.0. The highest BCUT2D eigenvalue weighted by Crippen LogP contribution is 2.31. The van der Waals surface area contributed by atoms with Gasteiger partial charge in [-0.15, -0.1) is 0 Å². The van der Waals surface area contributed by atoms with Crippen molar-refractivity contribution in [3.8, 4) is 11.5 Å². The van der Waals surface area contributed by atoms with Crippen molar-refractivity contribution < 1.29 is 19.0 Å². The number of carbonyl (C=O) groups excluding carboxylic acids is 1. The SMILES string of the molecule is CC(C)CN(Cc1ccc2c(c1)OCCO2)C(=O)C1CN(Cc2ccccn2)CCO1. The van der Waals surface area contributed by atoms with Crippen molar-refractivity contribution in [1.29, 1.82) is 0 Å². The Hall–Kier alpha value is -2.64. The van der Waals surface area contributed by atoms with E-state index in [1.54, 1.807) is 6.20 Å². The number of fused-ring (bicyclic) bond motifs is 1. The van der Waals surface area contributed by atoms with Gasteiger partial charge in [-0.3, -0.25) is 14.7 Å². The molecule has 0 N–H and O–H groups in total. The smallest absolute Gasteiger partial charge is 0.253 e. The van der Waals surface area contributed by atoms with Crippen molar-refractivity contribution in [3.05, 3.63) is 53.9 Å². The lowest BCUT2D eigenvalue weighted by molar-refractivity contribution is -0.151. The lowest BCUT2D eigenvalue weighted by Crippen LogP contribution is -2.51. The van der Waals surface area contributed by atoms with Crippen LogP contribution in [0.3, 0.4) is 0 Å². The zero-order valence-corrected chi connectivity index (χ0v) is 18.3. The number of hydrogen-bond donors (Lipinski definition) is 0. The molecule has 0 bridgehead atoms. The van der Waals surface area contributed by atoms with E-state index in [0.29, 0.717) is 45.4 Å². The first-order valence-electron chi connectivity index (χ1n) is 11.0. The summed E-state index contributed by atoms with van der Waals surface area (Å²) in [6.45, 7) is 9.20. The van der Waals surface area contributed by atoms with E-state index in [1.807, 2.05) is 41.3 Å². The number of morpholine rings is 1. The lowest BCUT2D eigenvalue weighted by atomic mass is 10.1. The van der Waals surface area contributed by atoms with Crippen molar-refractivity contribution in [2.24, 2.45) is 5.92 Å². The molecule has 2 aromatic rings. The number of benzene rings is 1. The second kappa shape index (κ2) is 10.1. The topological polar surface area (TPSA) is 64.1 Å². The van der Waals surface area contributed by atoms with Gasteiger partial charge in [-0.1, -0.05) is 26.0 Å². The summed E-state index contributed by atoms with van der Waals surface area (Å²) in [6, 6.07) is 11.8. The van der Waals surface area contributed by atoms with Crippen LogP contribution in [0.25, 0.3) is 0 Å². The Morgan fingerprint density at radius 1 is 1.16 bits per heavy atom. The Bertz CT molecular complexity index is 874. The minimum atomic E-state index is -0.464. The molecular weight excluding hydrogens is 394 g/mol. The Morgan fingerprint density at radius 2 is 2.00 bits per heavy atom. The molecule has 7 nitrogen and oxygen atoms in total. The summed E-state index contributed by atoms with van der Waals surface area (Å²) in [5, 5.41) is 0. The van der Waals surface area contributed by atoms with E-state index in [9.17, 15) is 4.79 Å². The molecule has 0 aliphatic carbocycles. The molecule has 7 heteroatoms. The quantitative estimate of drug-likeness (QED) is 0.680. The van der Waals surface area contributed by atoms with Crippen LogP contribution in [-0.4, -0.2) is 66.2 Å². The summed E-state index contributed by atoms with van der Waals surface area (Å²) in [5.41, 5.74) is 2.03. The van der Waals surface area contributed by atoms with Crippen molar-refractivity contribution >= 4 is 5.91 Å². The van der Waals surface area contributed by atoms with Crippen LogP contribution in [-0.2, 0) is 22.6 Å². The van der Waals surface area contributed by atoms with Crippen LogP contribution in [0.2, 0.25) is 0 Å². The Balaban J connectivity index is 1.43. The third kappa shape index (κ3) is 5.74. The van der Waals surface area contributed by atoms with Crippen LogP contribution in [0.15, 0.2) is 42.6 Å². The number of carbonyl (C=O) groups is 1. The van der Waals surface area contributed by atoms with E-state index in [0.717, 1.165) is 35.8 Å². The van der Waals surface area contributed by atoms with E-state index < -0.39 is 6.10 Å². The van der Waals surface area contributed by atoms with Crippen molar-refractivity contribution in [2.75, 3.05) is 39.5 Å². The highest BCUT2D eigenvalue weighted by Gasteiger charge is 2.31. The van der Waals surface area contributed by atoms with Gasteiger partial charge in [-0.2, -0.15) is 0 Å². The van der Waals surface area contributed by atoms with E-state index in [1.165, 1.54) is 0 Å². The molecule has 3 heterocycles. The molecule has 1 atom stereocenters. The van der Waals surface area contributed by atoms with Crippen LogP contribution in [0.4, 0.5) is 0 Å². The van der Waals surface area contributed by atoms with Crippen LogP contribution in [0, 0.1) is 5.92 Å². The first-order chi connectivity index (χ1) is 15.1. The minimum Gasteiger partial charge on any atom is -0.486 e. The monoisotopic (exact) mass is 425 g/mol. The molecular formula is C24H31N3O4. The molecule has 166 valence electrons. The summed E-state index contributed by atoms with van der Waals surface area (Å²) in [4.78, 5) is 22.0. The Morgan fingerprint density at radius 3 is 2.77 bits per heavy atom. The molecule has 1 unspecified atom stereocenters. The maximum Gasteiger partial charge on any atom is 0.253 e. The van der Waals surface area contributed by atoms with Crippen LogP contribution in [0.5, 0.6) is 11.5 Å². The van der Waals surface area contributed by atoms with E-state index >= 15 is 0 Å². The van der Waals surface area contributed by atoms with Crippen LogP contribution in [0.1, 0.15) is 25.1 Å². The third-order valence-electron chi connectivity index (χ3n) is 5.41. The molecule has 0 saturated carbocycles. The predicted octanol–water partition coefficient (Wildman–Crippen LogP) is 2.74. The van der Waals surface area contributed by atoms with Crippen molar-refractivity contribution in [2.45, 2.75) is 33.0 Å².